The molecule has 0 atom stereocenters. The molecule has 28 heavy (non-hydrogen) atoms. The van der Waals surface area contributed by atoms with Gasteiger partial charge in [-0.2, -0.15) is 10.2 Å². The molecular formula is C19H24FN7O. The predicted molar refractivity (Wildman–Crippen MR) is 104 cm³/mol. The van der Waals surface area contributed by atoms with E-state index in [0.29, 0.717) is 31.2 Å². The largest absolute Gasteiger partial charge is 0.336 e. The SMILES string of the molecule is CCc1nn(C)c(NC(=O)NCCn2nc(C)nc2C)c1-c1ccc(F)cc1. The molecule has 0 saturated carbocycles. The van der Waals surface area contributed by atoms with Crippen molar-refractivity contribution in [2.75, 3.05) is 11.9 Å². The Bertz CT molecular complexity index is 975. The van der Waals surface area contributed by atoms with Gasteiger partial charge in [-0.1, -0.05) is 19.1 Å². The van der Waals surface area contributed by atoms with Gasteiger partial charge in [-0.15, -0.1) is 0 Å². The number of anilines is 1. The van der Waals surface area contributed by atoms with Gasteiger partial charge < -0.3 is 5.32 Å². The second kappa shape index (κ2) is 8.20. The Kier molecular flexibility index (Phi) is 5.72. The Morgan fingerprint density at radius 3 is 2.50 bits per heavy atom. The highest BCUT2D eigenvalue weighted by Gasteiger charge is 2.18. The number of nitrogens with one attached hydrogen (secondary N) is 2. The Morgan fingerprint density at radius 1 is 1.18 bits per heavy atom. The van der Waals surface area contributed by atoms with Gasteiger partial charge in [0.1, 0.15) is 23.3 Å². The maximum Gasteiger partial charge on any atom is 0.320 e. The van der Waals surface area contributed by atoms with Crippen LogP contribution in [-0.2, 0) is 20.0 Å². The van der Waals surface area contributed by atoms with Crippen molar-refractivity contribution in [1.82, 2.24) is 29.9 Å². The van der Waals surface area contributed by atoms with Crippen LogP contribution in [0.4, 0.5) is 15.0 Å². The zero-order valence-corrected chi connectivity index (χ0v) is 16.5. The van der Waals surface area contributed by atoms with Gasteiger partial charge in [-0.3, -0.25) is 10.00 Å². The minimum Gasteiger partial charge on any atom is -0.336 e. The predicted octanol–water partition coefficient (Wildman–Crippen LogP) is 2.82. The average Bonchev–Trinajstić information content (AvgIpc) is 3.14. The summed E-state index contributed by atoms with van der Waals surface area (Å²) in [6.45, 7) is 6.61. The van der Waals surface area contributed by atoms with E-state index in [-0.39, 0.29) is 11.8 Å². The molecule has 0 aliphatic heterocycles. The van der Waals surface area contributed by atoms with Crippen LogP contribution in [0.1, 0.15) is 24.3 Å². The van der Waals surface area contributed by atoms with Gasteiger partial charge in [0.15, 0.2) is 0 Å². The first-order valence-electron chi connectivity index (χ1n) is 9.13. The summed E-state index contributed by atoms with van der Waals surface area (Å²) >= 11 is 0. The zero-order valence-electron chi connectivity index (χ0n) is 16.5. The second-order valence-corrected chi connectivity index (χ2v) is 6.46. The minimum absolute atomic E-state index is 0.309. The van der Waals surface area contributed by atoms with Crippen molar-refractivity contribution in [3.63, 3.8) is 0 Å². The molecule has 0 bridgehead atoms. The molecule has 0 fully saturated rings. The molecule has 2 aromatic heterocycles. The van der Waals surface area contributed by atoms with Gasteiger partial charge >= 0.3 is 6.03 Å². The average molecular weight is 385 g/mol. The van der Waals surface area contributed by atoms with Crippen LogP contribution in [0.5, 0.6) is 0 Å². The number of hydrogen-bond acceptors (Lipinski definition) is 4. The van der Waals surface area contributed by atoms with Gasteiger partial charge in [0.05, 0.1) is 12.2 Å². The molecule has 0 aliphatic carbocycles. The molecule has 0 spiro atoms. The fraction of sp³-hybridized carbons (Fsp3) is 0.368. The monoisotopic (exact) mass is 385 g/mol. The van der Waals surface area contributed by atoms with E-state index in [9.17, 15) is 9.18 Å². The lowest BCUT2D eigenvalue weighted by molar-refractivity contribution is 0.251. The first-order valence-corrected chi connectivity index (χ1v) is 9.13. The first-order chi connectivity index (χ1) is 13.4. The van der Waals surface area contributed by atoms with E-state index in [2.05, 4.69) is 25.8 Å². The number of rotatable bonds is 6. The fourth-order valence-electron chi connectivity index (χ4n) is 3.09. The summed E-state index contributed by atoms with van der Waals surface area (Å²) in [7, 11) is 1.77. The fourth-order valence-corrected chi connectivity index (χ4v) is 3.09. The number of aromatic nitrogens is 5. The Morgan fingerprint density at radius 2 is 1.89 bits per heavy atom. The van der Waals surface area contributed by atoms with Crippen molar-refractivity contribution in [1.29, 1.82) is 0 Å². The van der Waals surface area contributed by atoms with E-state index >= 15 is 0 Å². The summed E-state index contributed by atoms with van der Waals surface area (Å²) in [4.78, 5) is 16.6. The Hall–Kier alpha value is -3.23. The van der Waals surface area contributed by atoms with Crippen LogP contribution >= 0.6 is 0 Å². The van der Waals surface area contributed by atoms with Crippen LogP contribution < -0.4 is 10.6 Å². The number of carbonyl (C=O) groups is 1. The summed E-state index contributed by atoms with van der Waals surface area (Å²) in [6.07, 6.45) is 0.689. The molecule has 0 unspecified atom stereocenters. The van der Waals surface area contributed by atoms with Gasteiger partial charge in [0.2, 0.25) is 0 Å². The third kappa shape index (κ3) is 4.19. The van der Waals surface area contributed by atoms with Crippen LogP contribution in [0, 0.1) is 19.7 Å². The number of carbonyl (C=O) groups excluding carboxylic acids is 1. The molecule has 2 amide bonds. The molecular weight excluding hydrogens is 361 g/mol. The lowest BCUT2D eigenvalue weighted by Crippen LogP contribution is -2.32. The molecule has 0 radical (unpaired) electrons. The number of urea groups is 1. The molecule has 148 valence electrons. The summed E-state index contributed by atoms with van der Waals surface area (Å²) in [5, 5.41) is 14.4. The summed E-state index contributed by atoms with van der Waals surface area (Å²) in [6, 6.07) is 5.82. The normalized spacial score (nSPS) is 10.9. The highest BCUT2D eigenvalue weighted by Crippen LogP contribution is 2.31. The zero-order chi connectivity index (χ0) is 20.3. The standard InChI is InChI=1S/C19H24FN7O/c1-5-16-17(14-6-8-15(20)9-7-14)18(26(4)25-16)23-19(28)21-10-11-27-13(3)22-12(2)24-27/h6-9H,5,10-11H2,1-4H3,(H2,21,23,28). The number of aryl methyl sites for hydroxylation is 4. The quantitative estimate of drug-likeness (QED) is 0.683. The lowest BCUT2D eigenvalue weighted by Gasteiger charge is -2.11. The molecule has 0 aliphatic rings. The van der Waals surface area contributed by atoms with Crippen LogP contribution in [0.2, 0.25) is 0 Å². The van der Waals surface area contributed by atoms with Crippen molar-refractivity contribution in [2.24, 2.45) is 7.05 Å². The molecule has 9 heteroatoms. The van der Waals surface area contributed by atoms with Crippen molar-refractivity contribution < 1.29 is 9.18 Å². The molecule has 2 heterocycles. The van der Waals surface area contributed by atoms with E-state index in [1.54, 1.807) is 28.5 Å². The smallest absolute Gasteiger partial charge is 0.320 e. The number of amides is 2. The Labute approximate surface area is 162 Å². The third-order valence-corrected chi connectivity index (χ3v) is 4.39. The van der Waals surface area contributed by atoms with E-state index in [0.717, 1.165) is 22.6 Å². The molecule has 1 aromatic carbocycles. The summed E-state index contributed by atoms with van der Waals surface area (Å²) in [5.74, 6) is 1.76. The van der Waals surface area contributed by atoms with Crippen molar-refractivity contribution in [3.8, 4) is 11.1 Å². The molecule has 0 saturated heterocycles. The van der Waals surface area contributed by atoms with Crippen LogP contribution in [0.3, 0.4) is 0 Å². The molecule has 8 nitrogen and oxygen atoms in total. The number of hydrogen-bond donors (Lipinski definition) is 2. The Balaban J connectivity index is 1.72. The van der Waals surface area contributed by atoms with Crippen molar-refractivity contribution in [3.05, 3.63) is 47.4 Å². The van der Waals surface area contributed by atoms with Gasteiger partial charge in [0.25, 0.3) is 0 Å². The number of benzene rings is 1. The van der Waals surface area contributed by atoms with Crippen LogP contribution in [-0.4, -0.2) is 37.1 Å². The van der Waals surface area contributed by atoms with Gasteiger partial charge in [-0.05, 0) is 38.0 Å². The molecule has 3 rings (SSSR count). The lowest BCUT2D eigenvalue weighted by atomic mass is 10.0. The van der Waals surface area contributed by atoms with E-state index in [1.165, 1.54) is 12.1 Å². The van der Waals surface area contributed by atoms with Crippen molar-refractivity contribution in [2.45, 2.75) is 33.7 Å². The van der Waals surface area contributed by atoms with Crippen LogP contribution in [0.25, 0.3) is 11.1 Å². The highest BCUT2D eigenvalue weighted by atomic mass is 19.1. The number of nitrogens with zero attached hydrogens (tertiary/aromatic N) is 5. The topological polar surface area (TPSA) is 89.7 Å². The minimum atomic E-state index is -0.344. The van der Waals surface area contributed by atoms with Crippen molar-refractivity contribution >= 4 is 11.8 Å². The number of halogens is 1. The second-order valence-electron chi connectivity index (χ2n) is 6.46. The maximum atomic E-state index is 13.3. The maximum absolute atomic E-state index is 13.3. The summed E-state index contributed by atoms with van der Waals surface area (Å²) in [5.41, 5.74) is 2.43. The summed E-state index contributed by atoms with van der Waals surface area (Å²) < 4.78 is 16.7. The third-order valence-electron chi connectivity index (χ3n) is 4.39. The molecule has 3 aromatic rings. The van der Waals surface area contributed by atoms with E-state index < -0.39 is 0 Å². The molecule has 2 N–H and O–H groups in total. The van der Waals surface area contributed by atoms with Gasteiger partial charge in [0, 0.05) is 19.2 Å². The highest BCUT2D eigenvalue weighted by molar-refractivity contribution is 5.93. The van der Waals surface area contributed by atoms with Gasteiger partial charge in [-0.25, -0.2) is 18.9 Å². The van der Waals surface area contributed by atoms with Crippen LogP contribution in [0.15, 0.2) is 24.3 Å². The van der Waals surface area contributed by atoms with E-state index in [1.807, 2.05) is 20.8 Å². The first kappa shape index (κ1) is 19.5. The van der Waals surface area contributed by atoms with E-state index in [4.69, 9.17) is 0 Å².